The lowest BCUT2D eigenvalue weighted by molar-refractivity contribution is -0.115. The van der Waals surface area contributed by atoms with E-state index in [-0.39, 0.29) is 10.9 Å². The van der Waals surface area contributed by atoms with Crippen LogP contribution in [0, 0.1) is 0 Å². The first-order valence-electron chi connectivity index (χ1n) is 6.08. The van der Waals surface area contributed by atoms with Crippen molar-refractivity contribution in [2.24, 2.45) is 0 Å². The highest BCUT2D eigenvalue weighted by Gasteiger charge is 2.25. The Labute approximate surface area is 123 Å². The summed E-state index contributed by atoms with van der Waals surface area (Å²) in [5.74, 6) is -2.00. The number of carbonyl (C=O) groups excluding carboxylic acids is 1. The van der Waals surface area contributed by atoms with Crippen LogP contribution in [0.25, 0.3) is 0 Å². The van der Waals surface area contributed by atoms with E-state index in [4.69, 9.17) is 9.52 Å². The number of carboxylic acids is 1. The smallest absolute Gasteiger partial charge is 0.371 e. The van der Waals surface area contributed by atoms with E-state index in [1.54, 1.807) is 24.3 Å². The number of hydrogen-bond acceptors (Lipinski definition) is 4. The van der Waals surface area contributed by atoms with Crippen LogP contribution in [0.15, 0.2) is 52.0 Å². The molecule has 0 bridgehead atoms. The van der Waals surface area contributed by atoms with Crippen LogP contribution in [0.1, 0.15) is 17.5 Å². The van der Waals surface area contributed by atoms with Crippen LogP contribution >= 0.6 is 0 Å². The zero-order valence-electron chi connectivity index (χ0n) is 11.1. The van der Waals surface area contributed by atoms with Gasteiger partial charge in [0.15, 0.2) is 5.09 Å². The number of amides is 1. The minimum absolute atomic E-state index is 0.0388. The van der Waals surface area contributed by atoms with E-state index < -0.39 is 27.9 Å². The van der Waals surface area contributed by atoms with Crippen molar-refractivity contribution < 1.29 is 23.3 Å². The third-order valence-electron chi connectivity index (χ3n) is 2.72. The van der Waals surface area contributed by atoms with Crippen molar-refractivity contribution in [1.29, 1.82) is 0 Å². The quantitative estimate of drug-likeness (QED) is 0.882. The van der Waals surface area contributed by atoms with Crippen LogP contribution in [0.2, 0.25) is 0 Å². The second-order valence-electron chi connectivity index (χ2n) is 4.22. The minimum Gasteiger partial charge on any atom is -0.475 e. The largest absolute Gasteiger partial charge is 0.475 e. The molecule has 1 aromatic carbocycles. The molecule has 0 aliphatic carbocycles. The number of para-hydroxylation sites is 1. The topological polar surface area (TPSA) is 96.6 Å². The summed E-state index contributed by atoms with van der Waals surface area (Å²) >= 11 is 0. The van der Waals surface area contributed by atoms with Crippen LogP contribution < -0.4 is 5.32 Å². The number of hydrogen-bond donors (Lipinski definition) is 2. The maximum atomic E-state index is 12.2. The van der Waals surface area contributed by atoms with Crippen LogP contribution in [0.5, 0.6) is 0 Å². The van der Waals surface area contributed by atoms with Crippen molar-refractivity contribution in [3.63, 3.8) is 0 Å². The molecule has 7 heteroatoms. The molecule has 2 unspecified atom stereocenters. The zero-order chi connectivity index (χ0) is 15.4. The van der Waals surface area contributed by atoms with E-state index in [2.05, 4.69) is 5.32 Å². The van der Waals surface area contributed by atoms with E-state index in [1.165, 1.54) is 19.1 Å². The molecule has 0 aliphatic heterocycles. The molecule has 2 aromatic rings. The molecule has 0 radical (unpaired) electrons. The zero-order valence-corrected chi connectivity index (χ0v) is 11.9. The van der Waals surface area contributed by atoms with Gasteiger partial charge in [0.25, 0.3) is 0 Å². The molecule has 2 N–H and O–H groups in total. The van der Waals surface area contributed by atoms with Gasteiger partial charge in [-0.2, -0.15) is 0 Å². The second-order valence-corrected chi connectivity index (χ2v) is 5.92. The Kier molecular flexibility index (Phi) is 4.54. The average Bonchev–Trinajstić information content (AvgIpc) is 2.96. The summed E-state index contributed by atoms with van der Waals surface area (Å²) in [6.45, 7) is 1.48. The fraction of sp³-hybridized carbons (Fsp3) is 0.143. The Hall–Kier alpha value is -2.41. The Morgan fingerprint density at radius 2 is 1.86 bits per heavy atom. The first-order valence-corrected chi connectivity index (χ1v) is 7.30. The summed E-state index contributed by atoms with van der Waals surface area (Å²) < 4.78 is 17.1. The van der Waals surface area contributed by atoms with Crippen molar-refractivity contribution >= 4 is 28.4 Å². The van der Waals surface area contributed by atoms with Gasteiger partial charge >= 0.3 is 5.97 Å². The number of benzene rings is 1. The van der Waals surface area contributed by atoms with Gasteiger partial charge < -0.3 is 14.8 Å². The number of nitrogens with one attached hydrogen (secondary N) is 1. The molecular formula is C14H13NO5S. The Morgan fingerprint density at radius 3 is 2.43 bits per heavy atom. The van der Waals surface area contributed by atoms with Crippen LogP contribution in [0.4, 0.5) is 5.69 Å². The lowest BCUT2D eigenvalue weighted by atomic mass is 10.3. The molecule has 1 heterocycles. The third-order valence-corrected chi connectivity index (χ3v) is 4.19. The molecule has 6 nitrogen and oxygen atoms in total. The molecule has 2 rings (SSSR count). The monoisotopic (exact) mass is 307 g/mol. The van der Waals surface area contributed by atoms with Gasteiger partial charge in [-0.1, -0.05) is 18.2 Å². The first-order chi connectivity index (χ1) is 9.99. The van der Waals surface area contributed by atoms with Crippen molar-refractivity contribution in [3.05, 3.63) is 48.2 Å². The summed E-state index contributed by atoms with van der Waals surface area (Å²) in [5.41, 5.74) is 0.594. The Bertz CT molecular complexity index is 680. The predicted octanol–water partition coefficient (Wildman–Crippen LogP) is 2.11. The lowest BCUT2D eigenvalue weighted by Gasteiger charge is -2.10. The van der Waals surface area contributed by atoms with E-state index in [0.29, 0.717) is 5.69 Å². The van der Waals surface area contributed by atoms with Gasteiger partial charge in [0.05, 0.1) is 0 Å². The molecule has 110 valence electrons. The Morgan fingerprint density at radius 1 is 1.19 bits per heavy atom. The molecule has 2 atom stereocenters. The SMILES string of the molecule is CC(C(=O)Nc1ccccc1)S(=O)c1ccc(C(=O)O)o1. The highest BCUT2D eigenvalue weighted by Crippen LogP contribution is 2.17. The average molecular weight is 307 g/mol. The number of anilines is 1. The first kappa shape index (κ1) is 15.0. The van der Waals surface area contributed by atoms with E-state index in [1.807, 2.05) is 6.07 Å². The fourth-order valence-electron chi connectivity index (χ4n) is 1.58. The van der Waals surface area contributed by atoms with E-state index in [9.17, 15) is 13.8 Å². The van der Waals surface area contributed by atoms with Crippen molar-refractivity contribution in [2.75, 3.05) is 5.32 Å². The van der Waals surface area contributed by atoms with Crippen LogP contribution in [0.3, 0.4) is 0 Å². The normalized spacial score (nSPS) is 13.4. The molecule has 0 fully saturated rings. The van der Waals surface area contributed by atoms with Gasteiger partial charge in [0.1, 0.15) is 16.0 Å². The van der Waals surface area contributed by atoms with E-state index >= 15 is 0 Å². The standard InChI is InChI=1S/C14H13NO5S/c1-9(13(16)15-10-5-3-2-4-6-10)21(19)12-8-7-11(20-12)14(17)18/h2-9H,1H3,(H,15,16)(H,17,18). The summed E-state index contributed by atoms with van der Waals surface area (Å²) in [7, 11) is -1.77. The van der Waals surface area contributed by atoms with Gasteiger partial charge in [-0.3, -0.25) is 9.00 Å². The molecule has 1 amide bonds. The summed E-state index contributed by atoms with van der Waals surface area (Å²) in [5, 5.41) is 10.5. The van der Waals surface area contributed by atoms with Gasteiger partial charge in [0.2, 0.25) is 11.7 Å². The molecule has 1 aromatic heterocycles. The molecule has 21 heavy (non-hydrogen) atoms. The number of carbonyl (C=O) groups is 2. The molecule has 0 spiro atoms. The van der Waals surface area contributed by atoms with Gasteiger partial charge in [-0.15, -0.1) is 0 Å². The fourth-order valence-corrected chi connectivity index (χ4v) is 2.56. The number of rotatable bonds is 5. The maximum absolute atomic E-state index is 12.2. The highest BCUT2D eigenvalue weighted by atomic mass is 32.2. The van der Waals surface area contributed by atoms with Crippen molar-refractivity contribution in [2.45, 2.75) is 17.3 Å². The van der Waals surface area contributed by atoms with Crippen LogP contribution in [-0.4, -0.2) is 26.4 Å². The number of aromatic carboxylic acids is 1. The summed E-state index contributed by atoms with van der Waals surface area (Å²) in [4.78, 5) is 22.7. The summed E-state index contributed by atoms with van der Waals surface area (Å²) in [6, 6.07) is 11.3. The van der Waals surface area contributed by atoms with Crippen LogP contribution in [-0.2, 0) is 15.6 Å². The second kappa shape index (κ2) is 6.36. The number of carboxylic acid groups (broad SMARTS) is 1. The molecule has 0 aliphatic rings. The van der Waals surface area contributed by atoms with Gasteiger partial charge in [-0.25, -0.2) is 4.79 Å². The van der Waals surface area contributed by atoms with Gasteiger partial charge in [-0.05, 0) is 31.2 Å². The van der Waals surface area contributed by atoms with Crippen molar-refractivity contribution in [3.8, 4) is 0 Å². The molecule has 0 saturated carbocycles. The van der Waals surface area contributed by atoms with E-state index in [0.717, 1.165) is 0 Å². The van der Waals surface area contributed by atoms with Gasteiger partial charge in [0, 0.05) is 5.69 Å². The lowest BCUT2D eigenvalue weighted by Crippen LogP contribution is -2.28. The predicted molar refractivity (Wildman–Crippen MR) is 76.6 cm³/mol. The summed E-state index contributed by atoms with van der Waals surface area (Å²) in [6.07, 6.45) is 0. The number of furan rings is 1. The molecular weight excluding hydrogens is 294 g/mol. The molecule has 0 saturated heterocycles. The third kappa shape index (κ3) is 3.57. The van der Waals surface area contributed by atoms with Crippen molar-refractivity contribution in [1.82, 2.24) is 0 Å². The highest BCUT2D eigenvalue weighted by molar-refractivity contribution is 7.86. The maximum Gasteiger partial charge on any atom is 0.371 e. The Balaban J connectivity index is 2.07. The minimum atomic E-state index is -1.77.